The van der Waals surface area contributed by atoms with Gasteiger partial charge >= 0.3 is 0 Å². The van der Waals surface area contributed by atoms with Crippen molar-refractivity contribution >= 4 is 11.4 Å². The maximum atomic E-state index is 5.89. The summed E-state index contributed by atoms with van der Waals surface area (Å²) in [5.74, 6) is 1.65. The lowest BCUT2D eigenvalue weighted by molar-refractivity contribution is 0.249. The van der Waals surface area contributed by atoms with Crippen LogP contribution in [0.5, 0.6) is 5.75 Å². The molecule has 1 aromatic carbocycles. The highest BCUT2D eigenvalue weighted by Gasteiger charge is 2.23. The molecule has 3 rings (SSSR count). The molecule has 0 saturated carbocycles. The first-order chi connectivity index (χ1) is 10.3. The molecule has 0 aromatic heterocycles. The van der Waals surface area contributed by atoms with E-state index in [2.05, 4.69) is 21.9 Å². The van der Waals surface area contributed by atoms with Crippen molar-refractivity contribution in [2.24, 2.45) is 5.92 Å². The lowest BCUT2D eigenvalue weighted by Gasteiger charge is -2.35. The van der Waals surface area contributed by atoms with Crippen LogP contribution in [0, 0.1) is 5.92 Å². The third-order valence-electron chi connectivity index (χ3n) is 4.91. The minimum Gasteiger partial charge on any atom is -0.495 e. The maximum Gasteiger partial charge on any atom is 0.143 e. The van der Waals surface area contributed by atoms with Crippen molar-refractivity contribution in [3.8, 4) is 5.75 Å². The predicted molar refractivity (Wildman–Crippen MR) is 88.0 cm³/mol. The maximum absolute atomic E-state index is 5.89. The van der Waals surface area contributed by atoms with E-state index in [0.717, 1.165) is 24.8 Å². The minimum atomic E-state index is 0.713. The van der Waals surface area contributed by atoms with E-state index in [4.69, 9.17) is 10.5 Å². The molecular weight excluding hydrogens is 262 g/mol. The second-order valence-corrected chi connectivity index (χ2v) is 6.36. The number of hydrogen-bond donors (Lipinski definition) is 1. The molecule has 0 unspecified atom stereocenters. The fraction of sp³-hybridized carbons (Fsp3) is 0.647. The molecule has 0 atom stereocenters. The Morgan fingerprint density at radius 3 is 2.52 bits per heavy atom. The average Bonchev–Trinajstić information content (AvgIpc) is 3.02. The van der Waals surface area contributed by atoms with Crippen LogP contribution in [0.2, 0.25) is 0 Å². The Hall–Kier alpha value is -1.42. The summed E-state index contributed by atoms with van der Waals surface area (Å²) in [7, 11) is 1.68. The van der Waals surface area contributed by atoms with Crippen molar-refractivity contribution in [1.29, 1.82) is 0 Å². The van der Waals surface area contributed by atoms with Gasteiger partial charge < -0.3 is 20.3 Å². The lowest BCUT2D eigenvalue weighted by atomic mass is 9.96. The van der Waals surface area contributed by atoms with Gasteiger partial charge in [0.25, 0.3) is 0 Å². The Labute approximate surface area is 127 Å². The van der Waals surface area contributed by atoms with Crippen LogP contribution in [0.15, 0.2) is 18.2 Å². The van der Waals surface area contributed by atoms with Gasteiger partial charge in [-0.2, -0.15) is 0 Å². The second-order valence-electron chi connectivity index (χ2n) is 6.36. The van der Waals surface area contributed by atoms with Crippen molar-refractivity contribution in [1.82, 2.24) is 4.90 Å². The summed E-state index contributed by atoms with van der Waals surface area (Å²) in [6.45, 7) is 6.22. The number of ether oxygens (including phenoxy) is 1. The number of rotatable bonds is 4. The molecule has 2 fully saturated rings. The molecule has 2 aliphatic heterocycles. The number of methoxy groups -OCH3 is 1. The monoisotopic (exact) mass is 289 g/mol. The summed E-state index contributed by atoms with van der Waals surface area (Å²) in [6, 6.07) is 6.12. The first-order valence-electron chi connectivity index (χ1n) is 8.17. The molecule has 0 spiro atoms. The SMILES string of the molecule is COc1cc(N2CCC(CN3CCCC3)CC2)ccc1N. The summed E-state index contributed by atoms with van der Waals surface area (Å²) in [6.07, 6.45) is 5.38. The average molecular weight is 289 g/mol. The molecule has 2 saturated heterocycles. The van der Waals surface area contributed by atoms with Gasteiger partial charge in [-0.05, 0) is 56.8 Å². The largest absolute Gasteiger partial charge is 0.495 e. The van der Waals surface area contributed by atoms with Crippen LogP contribution in [0.3, 0.4) is 0 Å². The highest BCUT2D eigenvalue weighted by atomic mass is 16.5. The van der Waals surface area contributed by atoms with Gasteiger partial charge in [0.15, 0.2) is 0 Å². The van der Waals surface area contributed by atoms with E-state index in [0.29, 0.717) is 5.69 Å². The zero-order valence-electron chi connectivity index (χ0n) is 13.1. The van der Waals surface area contributed by atoms with Crippen molar-refractivity contribution < 1.29 is 4.74 Å². The van der Waals surface area contributed by atoms with E-state index >= 15 is 0 Å². The third kappa shape index (κ3) is 3.43. The van der Waals surface area contributed by atoms with Crippen molar-refractivity contribution in [2.45, 2.75) is 25.7 Å². The van der Waals surface area contributed by atoms with Gasteiger partial charge in [0.1, 0.15) is 5.75 Å². The molecular formula is C17H27N3O. The van der Waals surface area contributed by atoms with Crippen LogP contribution >= 0.6 is 0 Å². The van der Waals surface area contributed by atoms with Crippen LogP contribution in [-0.4, -0.2) is 44.7 Å². The number of likely N-dealkylation sites (tertiary alicyclic amines) is 1. The van der Waals surface area contributed by atoms with Crippen LogP contribution in [0.25, 0.3) is 0 Å². The number of nitrogen functional groups attached to an aromatic ring is 1. The molecule has 4 nitrogen and oxygen atoms in total. The van der Waals surface area contributed by atoms with Crippen LogP contribution in [-0.2, 0) is 0 Å². The summed E-state index contributed by atoms with van der Waals surface area (Å²) in [5.41, 5.74) is 7.84. The molecule has 0 aliphatic carbocycles. The Morgan fingerprint density at radius 1 is 1.14 bits per heavy atom. The molecule has 0 bridgehead atoms. The van der Waals surface area contributed by atoms with E-state index < -0.39 is 0 Å². The fourth-order valence-electron chi connectivity index (χ4n) is 3.60. The van der Waals surface area contributed by atoms with Crippen molar-refractivity contribution in [3.63, 3.8) is 0 Å². The van der Waals surface area contributed by atoms with Crippen LogP contribution < -0.4 is 15.4 Å². The number of anilines is 2. The topological polar surface area (TPSA) is 41.7 Å². The predicted octanol–water partition coefficient (Wildman–Crippen LogP) is 2.59. The molecule has 1 aromatic rings. The van der Waals surface area contributed by atoms with Crippen molar-refractivity contribution in [3.05, 3.63) is 18.2 Å². The standard InChI is InChI=1S/C17H27N3O/c1-21-17-12-15(4-5-16(17)18)20-10-6-14(7-11-20)13-19-8-2-3-9-19/h4-5,12,14H,2-3,6-11,13,18H2,1H3. The van der Waals surface area contributed by atoms with Gasteiger partial charge in [-0.25, -0.2) is 0 Å². The summed E-state index contributed by atoms with van der Waals surface area (Å²) >= 11 is 0. The Bertz CT molecular complexity index is 463. The number of nitrogens with zero attached hydrogens (tertiary/aromatic N) is 2. The van der Waals surface area contributed by atoms with Gasteiger partial charge in [0.05, 0.1) is 12.8 Å². The van der Waals surface area contributed by atoms with E-state index in [-0.39, 0.29) is 0 Å². The molecule has 21 heavy (non-hydrogen) atoms. The van der Waals surface area contributed by atoms with Gasteiger partial charge in [-0.15, -0.1) is 0 Å². The summed E-state index contributed by atoms with van der Waals surface area (Å²) in [4.78, 5) is 5.11. The van der Waals surface area contributed by atoms with Crippen molar-refractivity contribution in [2.75, 3.05) is 50.5 Å². The molecule has 2 heterocycles. The number of hydrogen-bond acceptors (Lipinski definition) is 4. The van der Waals surface area contributed by atoms with Gasteiger partial charge in [0.2, 0.25) is 0 Å². The Morgan fingerprint density at radius 2 is 1.86 bits per heavy atom. The van der Waals surface area contributed by atoms with Crippen LogP contribution in [0.1, 0.15) is 25.7 Å². The fourth-order valence-corrected chi connectivity index (χ4v) is 3.60. The first kappa shape index (κ1) is 14.5. The third-order valence-corrected chi connectivity index (χ3v) is 4.91. The zero-order chi connectivity index (χ0) is 14.7. The highest BCUT2D eigenvalue weighted by Crippen LogP contribution is 2.30. The van der Waals surface area contributed by atoms with E-state index in [1.807, 2.05) is 6.07 Å². The molecule has 0 radical (unpaired) electrons. The van der Waals surface area contributed by atoms with Gasteiger partial charge in [-0.1, -0.05) is 0 Å². The van der Waals surface area contributed by atoms with E-state index in [1.165, 1.54) is 51.0 Å². The molecule has 116 valence electrons. The molecule has 2 aliphatic rings. The quantitative estimate of drug-likeness (QED) is 0.865. The summed E-state index contributed by atoms with van der Waals surface area (Å²) < 4.78 is 5.33. The second kappa shape index (κ2) is 6.56. The zero-order valence-corrected chi connectivity index (χ0v) is 13.1. The van der Waals surface area contributed by atoms with Gasteiger partial charge in [-0.3, -0.25) is 0 Å². The minimum absolute atomic E-state index is 0.713. The number of nitrogens with two attached hydrogens (primary N) is 1. The number of benzene rings is 1. The normalized spacial score (nSPS) is 20.9. The lowest BCUT2D eigenvalue weighted by Crippen LogP contribution is -2.38. The smallest absolute Gasteiger partial charge is 0.143 e. The highest BCUT2D eigenvalue weighted by molar-refractivity contribution is 5.62. The Balaban J connectivity index is 1.55. The first-order valence-corrected chi connectivity index (χ1v) is 8.17. The molecule has 0 amide bonds. The van der Waals surface area contributed by atoms with Gasteiger partial charge in [0, 0.05) is 31.4 Å². The molecule has 2 N–H and O–H groups in total. The van der Waals surface area contributed by atoms with E-state index in [9.17, 15) is 0 Å². The number of piperidine rings is 1. The Kier molecular flexibility index (Phi) is 4.54. The van der Waals surface area contributed by atoms with E-state index in [1.54, 1.807) is 7.11 Å². The summed E-state index contributed by atoms with van der Waals surface area (Å²) in [5, 5.41) is 0. The van der Waals surface area contributed by atoms with Crippen LogP contribution in [0.4, 0.5) is 11.4 Å². The molecule has 4 heteroatoms.